The normalized spacial score (nSPS) is 14.0. The fraction of sp³-hybridized carbons (Fsp3) is 0.385. The molecule has 0 atom stereocenters. The molecule has 0 saturated carbocycles. The lowest BCUT2D eigenvalue weighted by Gasteiger charge is -2.32. The van der Waals surface area contributed by atoms with E-state index in [1.165, 1.54) is 18.4 Å². The van der Waals surface area contributed by atoms with Crippen molar-refractivity contribution in [2.45, 2.75) is 38.8 Å². The predicted octanol–water partition coefficient (Wildman–Crippen LogP) is 4.83. The molecule has 8 nitrogen and oxygen atoms in total. The molecule has 1 fully saturated rings. The van der Waals surface area contributed by atoms with E-state index in [0.29, 0.717) is 30.2 Å². The van der Waals surface area contributed by atoms with Crippen molar-refractivity contribution >= 4 is 35.8 Å². The van der Waals surface area contributed by atoms with Crippen LogP contribution in [0.1, 0.15) is 30.7 Å². The summed E-state index contributed by atoms with van der Waals surface area (Å²) in [6.45, 7) is 6.71. The molecule has 0 spiro atoms. The highest BCUT2D eigenvalue weighted by Gasteiger charge is 2.19. The third kappa shape index (κ3) is 7.44. The Bertz CT molecular complexity index is 1180. The summed E-state index contributed by atoms with van der Waals surface area (Å²) in [5, 5.41) is 12.5. The van der Waals surface area contributed by atoms with Crippen molar-refractivity contribution in [3.63, 3.8) is 0 Å². The van der Waals surface area contributed by atoms with Gasteiger partial charge in [0.25, 0.3) is 5.89 Å². The highest BCUT2D eigenvalue weighted by Crippen LogP contribution is 2.33. The Labute approximate surface area is 223 Å². The largest absolute Gasteiger partial charge is 0.493 e. The van der Waals surface area contributed by atoms with Gasteiger partial charge in [0, 0.05) is 25.6 Å². The van der Waals surface area contributed by atoms with Crippen LogP contribution in [0.25, 0.3) is 22.6 Å². The van der Waals surface area contributed by atoms with Crippen LogP contribution in [0.3, 0.4) is 0 Å². The zero-order chi connectivity index (χ0) is 22.5. The maximum absolute atomic E-state index is 6.07. The standard InChI is InChI=1S/C26H30N4O3.2ClH.H2O/c1-19-28-29-26(32-19)25-17-22-23(9-5-10-24(22)33-25)31-16-6-13-27-21-11-14-30(15-12-21)18-20-7-3-2-4-8-20;;;/h2-5,7-10,17,21,27H,6,11-16,18H2,1H3;2*1H;1H2. The molecule has 4 aromatic rings. The van der Waals surface area contributed by atoms with Gasteiger partial charge >= 0.3 is 0 Å². The first kappa shape index (κ1) is 29.6. The second-order valence-electron chi connectivity index (χ2n) is 8.60. The average molecular weight is 537 g/mol. The number of aryl methyl sites for hydroxylation is 1. The van der Waals surface area contributed by atoms with Gasteiger partial charge in [-0.25, -0.2) is 0 Å². The third-order valence-electron chi connectivity index (χ3n) is 6.11. The van der Waals surface area contributed by atoms with Crippen molar-refractivity contribution in [1.29, 1.82) is 0 Å². The van der Waals surface area contributed by atoms with Gasteiger partial charge in [-0.2, -0.15) is 0 Å². The minimum atomic E-state index is 0. The lowest BCUT2D eigenvalue weighted by molar-refractivity contribution is 0.189. The van der Waals surface area contributed by atoms with Crippen LogP contribution >= 0.6 is 24.8 Å². The van der Waals surface area contributed by atoms with Gasteiger partial charge in [0.2, 0.25) is 5.89 Å². The van der Waals surface area contributed by atoms with Crippen LogP contribution in [0.5, 0.6) is 5.75 Å². The maximum Gasteiger partial charge on any atom is 0.283 e. The zero-order valence-corrected chi connectivity index (χ0v) is 21.9. The number of fused-ring (bicyclic) bond motifs is 1. The Balaban J connectivity index is 0.00000152. The Kier molecular flexibility index (Phi) is 11.7. The number of rotatable bonds is 9. The van der Waals surface area contributed by atoms with Gasteiger partial charge in [-0.1, -0.05) is 36.4 Å². The highest BCUT2D eigenvalue weighted by molar-refractivity contribution is 5.87. The van der Waals surface area contributed by atoms with E-state index >= 15 is 0 Å². The van der Waals surface area contributed by atoms with Gasteiger partial charge in [0.05, 0.1) is 12.0 Å². The molecule has 196 valence electrons. The molecule has 5 rings (SSSR count). The number of likely N-dealkylation sites (tertiary alicyclic amines) is 1. The van der Waals surface area contributed by atoms with E-state index in [2.05, 4.69) is 50.7 Å². The molecule has 2 aromatic heterocycles. The number of nitrogens with one attached hydrogen (secondary N) is 1. The molecule has 0 amide bonds. The fourth-order valence-corrected chi connectivity index (χ4v) is 4.36. The topological polar surface area (TPSA) is 108 Å². The molecule has 2 aromatic carbocycles. The molecule has 1 aliphatic heterocycles. The van der Waals surface area contributed by atoms with Crippen molar-refractivity contribution in [1.82, 2.24) is 20.4 Å². The van der Waals surface area contributed by atoms with Crippen molar-refractivity contribution in [3.8, 4) is 17.4 Å². The van der Waals surface area contributed by atoms with Crippen LogP contribution < -0.4 is 10.1 Å². The molecule has 1 saturated heterocycles. The first-order valence-electron chi connectivity index (χ1n) is 11.7. The highest BCUT2D eigenvalue weighted by atomic mass is 35.5. The molecule has 0 bridgehead atoms. The van der Waals surface area contributed by atoms with Crippen LogP contribution in [0.2, 0.25) is 0 Å². The summed E-state index contributed by atoms with van der Waals surface area (Å²) in [6, 6.07) is 19.0. The number of nitrogens with zero attached hydrogens (tertiary/aromatic N) is 3. The first-order chi connectivity index (χ1) is 16.2. The zero-order valence-electron chi connectivity index (χ0n) is 20.3. The van der Waals surface area contributed by atoms with Gasteiger partial charge in [-0.05, 0) is 56.6 Å². The second-order valence-corrected chi connectivity index (χ2v) is 8.60. The number of benzene rings is 2. The molecular weight excluding hydrogens is 503 g/mol. The molecule has 3 N–H and O–H groups in total. The molecule has 10 heteroatoms. The van der Waals surface area contributed by atoms with E-state index in [4.69, 9.17) is 13.6 Å². The predicted molar refractivity (Wildman–Crippen MR) is 145 cm³/mol. The Morgan fingerprint density at radius 3 is 2.50 bits per heavy atom. The summed E-state index contributed by atoms with van der Waals surface area (Å²) in [4.78, 5) is 2.55. The van der Waals surface area contributed by atoms with Crippen LogP contribution in [-0.2, 0) is 6.54 Å². The summed E-state index contributed by atoms with van der Waals surface area (Å²) < 4.78 is 17.4. The number of ether oxygens (including phenoxy) is 1. The lowest BCUT2D eigenvalue weighted by Crippen LogP contribution is -2.42. The van der Waals surface area contributed by atoms with E-state index in [0.717, 1.165) is 49.3 Å². The van der Waals surface area contributed by atoms with Crippen molar-refractivity contribution < 1.29 is 19.0 Å². The van der Waals surface area contributed by atoms with E-state index < -0.39 is 0 Å². The van der Waals surface area contributed by atoms with Gasteiger partial charge in [0.15, 0.2) is 5.76 Å². The number of aromatic nitrogens is 2. The van der Waals surface area contributed by atoms with E-state index in [-0.39, 0.29) is 30.3 Å². The van der Waals surface area contributed by atoms with Gasteiger partial charge in [-0.3, -0.25) is 4.90 Å². The maximum atomic E-state index is 6.07. The van der Waals surface area contributed by atoms with Gasteiger partial charge in [0.1, 0.15) is 11.3 Å². The minimum Gasteiger partial charge on any atom is -0.493 e. The summed E-state index contributed by atoms with van der Waals surface area (Å²) in [5.74, 6) is 2.26. The van der Waals surface area contributed by atoms with Crippen LogP contribution in [-0.4, -0.2) is 52.9 Å². The van der Waals surface area contributed by atoms with E-state index in [9.17, 15) is 0 Å². The molecule has 36 heavy (non-hydrogen) atoms. The Morgan fingerprint density at radius 2 is 1.78 bits per heavy atom. The van der Waals surface area contributed by atoms with Gasteiger partial charge < -0.3 is 24.4 Å². The van der Waals surface area contributed by atoms with Crippen molar-refractivity contribution in [3.05, 3.63) is 66.1 Å². The molecule has 3 heterocycles. The Morgan fingerprint density at radius 1 is 1.00 bits per heavy atom. The smallest absolute Gasteiger partial charge is 0.283 e. The third-order valence-corrected chi connectivity index (χ3v) is 6.11. The number of halogens is 2. The molecule has 0 aliphatic carbocycles. The SMILES string of the molecule is Cc1nnc(-c2cc3c(OCCCNC4CCN(Cc5ccccc5)CC4)cccc3o2)o1.Cl.Cl.O. The number of piperidine rings is 1. The molecule has 1 aliphatic rings. The van der Waals surface area contributed by atoms with Crippen LogP contribution in [0.4, 0.5) is 0 Å². The number of furan rings is 1. The fourth-order valence-electron chi connectivity index (χ4n) is 4.36. The minimum absolute atomic E-state index is 0. The monoisotopic (exact) mass is 536 g/mol. The van der Waals surface area contributed by atoms with Crippen molar-refractivity contribution in [2.75, 3.05) is 26.2 Å². The molecule has 0 radical (unpaired) electrons. The Hall–Kier alpha value is -2.62. The quantitative estimate of drug-likeness (QED) is 0.305. The molecule has 0 unspecified atom stereocenters. The second kappa shape index (κ2) is 14.2. The van der Waals surface area contributed by atoms with E-state index in [1.807, 2.05) is 24.3 Å². The summed E-state index contributed by atoms with van der Waals surface area (Å²) >= 11 is 0. The van der Waals surface area contributed by atoms with Gasteiger partial charge in [-0.15, -0.1) is 35.0 Å². The molecular formula is C26H34Cl2N4O4. The van der Waals surface area contributed by atoms with Crippen LogP contribution in [0.15, 0.2) is 63.4 Å². The average Bonchev–Trinajstić information content (AvgIpc) is 3.47. The first-order valence-corrected chi connectivity index (χ1v) is 11.7. The number of hydrogen-bond acceptors (Lipinski definition) is 7. The summed E-state index contributed by atoms with van der Waals surface area (Å²) in [6.07, 6.45) is 3.34. The summed E-state index contributed by atoms with van der Waals surface area (Å²) in [7, 11) is 0. The summed E-state index contributed by atoms with van der Waals surface area (Å²) in [5.41, 5.74) is 2.15. The van der Waals surface area contributed by atoms with E-state index in [1.54, 1.807) is 6.92 Å². The lowest BCUT2D eigenvalue weighted by atomic mass is 10.0. The van der Waals surface area contributed by atoms with Crippen molar-refractivity contribution in [2.24, 2.45) is 0 Å². The number of hydrogen-bond donors (Lipinski definition) is 1. The van der Waals surface area contributed by atoms with Crippen LogP contribution in [0, 0.1) is 6.92 Å².